The molecule has 1 heterocycles. The molecule has 12 heavy (non-hydrogen) atoms. The molecule has 0 saturated heterocycles. The summed E-state index contributed by atoms with van der Waals surface area (Å²) in [6, 6.07) is 4.20. The number of rotatable bonds is 0. The quantitative estimate of drug-likeness (QED) is 0.637. The largest absolute Gasteiger partial charge is 0.382 e. The minimum absolute atomic E-state index is 0.318. The van der Waals surface area contributed by atoms with Crippen LogP contribution in [0.3, 0.4) is 0 Å². The fourth-order valence-electron chi connectivity index (χ4n) is 0.998. The highest BCUT2D eigenvalue weighted by molar-refractivity contribution is 5.75. The van der Waals surface area contributed by atoms with E-state index in [1.807, 2.05) is 0 Å². The van der Waals surface area contributed by atoms with Gasteiger partial charge in [0.2, 0.25) is 0 Å². The number of hydrogen-bond donors (Lipinski definition) is 1. The summed E-state index contributed by atoms with van der Waals surface area (Å²) in [6.45, 7) is 0. The third-order valence-electron chi connectivity index (χ3n) is 1.52. The molecule has 60 valence electrons. The highest BCUT2D eigenvalue weighted by Gasteiger charge is 1.97. The summed E-state index contributed by atoms with van der Waals surface area (Å²) in [5.74, 6) is 0.0238. The molecule has 0 aliphatic rings. The normalized spacial score (nSPS) is 10.4. The molecule has 0 atom stereocenters. The molecular weight excluding hydrogens is 157 g/mol. The van der Waals surface area contributed by atoms with Crippen molar-refractivity contribution < 1.29 is 4.39 Å². The van der Waals surface area contributed by atoms with Crippen molar-refractivity contribution >= 4 is 16.9 Å². The predicted octanol–water partition coefficient (Wildman–Crippen LogP) is 1.35. The summed E-state index contributed by atoms with van der Waals surface area (Å²) in [4.78, 5) is 7.88. The molecule has 0 radical (unpaired) electrons. The van der Waals surface area contributed by atoms with Crippen LogP contribution in [-0.2, 0) is 0 Å². The monoisotopic (exact) mass is 163 g/mol. The lowest BCUT2D eigenvalue weighted by atomic mass is 10.3. The summed E-state index contributed by atoms with van der Waals surface area (Å²) >= 11 is 0. The Bertz CT molecular complexity index is 386. The van der Waals surface area contributed by atoms with Crippen LogP contribution in [0.2, 0.25) is 0 Å². The zero-order chi connectivity index (χ0) is 8.55. The van der Waals surface area contributed by atoms with Crippen molar-refractivity contribution in [2.24, 2.45) is 0 Å². The van der Waals surface area contributed by atoms with Crippen molar-refractivity contribution in [3.05, 3.63) is 30.2 Å². The molecule has 0 spiro atoms. The van der Waals surface area contributed by atoms with E-state index in [4.69, 9.17) is 5.73 Å². The fraction of sp³-hybridized carbons (Fsp3) is 0. The molecule has 0 aliphatic heterocycles. The van der Waals surface area contributed by atoms with Crippen LogP contribution >= 0.6 is 0 Å². The molecule has 4 heteroatoms. The van der Waals surface area contributed by atoms with Crippen LogP contribution in [-0.4, -0.2) is 9.97 Å². The van der Waals surface area contributed by atoms with Gasteiger partial charge in [0.25, 0.3) is 0 Å². The third kappa shape index (κ3) is 1.07. The molecular formula is C8H6FN3. The summed E-state index contributed by atoms with van der Waals surface area (Å²) in [5, 5.41) is 0. The standard InChI is InChI=1S/C8H6FN3/c9-5-1-2-6-7(3-5)11-4-8(10)12-6/h1-4H,(H2,10,12). The molecule has 0 unspecified atom stereocenters. The van der Waals surface area contributed by atoms with Crippen molar-refractivity contribution in [3.8, 4) is 0 Å². The van der Waals surface area contributed by atoms with Gasteiger partial charge in [0.1, 0.15) is 11.6 Å². The van der Waals surface area contributed by atoms with Gasteiger partial charge in [-0.1, -0.05) is 0 Å². The van der Waals surface area contributed by atoms with Crippen molar-refractivity contribution in [3.63, 3.8) is 0 Å². The van der Waals surface area contributed by atoms with E-state index in [9.17, 15) is 4.39 Å². The number of nitrogens with two attached hydrogens (primary N) is 1. The van der Waals surface area contributed by atoms with E-state index in [-0.39, 0.29) is 5.82 Å². The van der Waals surface area contributed by atoms with Crippen LogP contribution in [0.4, 0.5) is 10.2 Å². The van der Waals surface area contributed by atoms with E-state index in [0.717, 1.165) is 0 Å². The molecule has 2 N–H and O–H groups in total. The second-order valence-electron chi connectivity index (χ2n) is 2.43. The Kier molecular flexibility index (Phi) is 1.40. The van der Waals surface area contributed by atoms with Gasteiger partial charge in [-0.3, -0.25) is 4.98 Å². The Morgan fingerprint density at radius 1 is 1.25 bits per heavy atom. The first-order valence-electron chi connectivity index (χ1n) is 3.43. The molecule has 0 aliphatic carbocycles. The van der Waals surface area contributed by atoms with E-state index in [1.165, 1.54) is 18.3 Å². The Hall–Kier alpha value is -1.71. The van der Waals surface area contributed by atoms with Crippen molar-refractivity contribution in [2.75, 3.05) is 5.73 Å². The first-order valence-corrected chi connectivity index (χ1v) is 3.43. The molecule has 3 nitrogen and oxygen atoms in total. The van der Waals surface area contributed by atoms with Crippen LogP contribution in [0.1, 0.15) is 0 Å². The highest BCUT2D eigenvalue weighted by Crippen LogP contribution is 2.11. The Balaban J connectivity index is 2.79. The summed E-state index contributed by atoms with van der Waals surface area (Å²) < 4.78 is 12.6. The predicted molar refractivity (Wildman–Crippen MR) is 43.9 cm³/mol. The van der Waals surface area contributed by atoms with Gasteiger partial charge < -0.3 is 5.73 Å². The number of fused-ring (bicyclic) bond motifs is 1. The van der Waals surface area contributed by atoms with Gasteiger partial charge in [0.05, 0.1) is 17.2 Å². The van der Waals surface area contributed by atoms with E-state index in [2.05, 4.69) is 9.97 Å². The fourth-order valence-corrected chi connectivity index (χ4v) is 0.998. The zero-order valence-electron chi connectivity index (χ0n) is 6.16. The van der Waals surface area contributed by atoms with Gasteiger partial charge >= 0.3 is 0 Å². The Morgan fingerprint density at radius 3 is 2.92 bits per heavy atom. The number of nitrogens with zero attached hydrogens (tertiary/aromatic N) is 2. The van der Waals surface area contributed by atoms with Gasteiger partial charge in [-0.25, -0.2) is 9.37 Å². The number of halogens is 1. The molecule has 2 aromatic rings. The number of benzene rings is 1. The van der Waals surface area contributed by atoms with Gasteiger partial charge in [-0.2, -0.15) is 0 Å². The molecule has 1 aromatic carbocycles. The van der Waals surface area contributed by atoms with Gasteiger partial charge in [-0.15, -0.1) is 0 Å². The highest BCUT2D eigenvalue weighted by atomic mass is 19.1. The topological polar surface area (TPSA) is 51.8 Å². The van der Waals surface area contributed by atoms with Crippen molar-refractivity contribution in [2.45, 2.75) is 0 Å². The van der Waals surface area contributed by atoms with E-state index in [0.29, 0.717) is 16.9 Å². The summed E-state index contributed by atoms with van der Waals surface area (Å²) in [6.07, 6.45) is 1.40. The van der Waals surface area contributed by atoms with Crippen LogP contribution in [0.5, 0.6) is 0 Å². The number of nitrogen functional groups attached to an aromatic ring is 1. The average Bonchev–Trinajstić information content (AvgIpc) is 2.05. The van der Waals surface area contributed by atoms with Crippen molar-refractivity contribution in [1.82, 2.24) is 9.97 Å². The third-order valence-corrected chi connectivity index (χ3v) is 1.52. The first kappa shape index (κ1) is 6.97. The molecule has 0 bridgehead atoms. The number of anilines is 1. The van der Waals surface area contributed by atoms with Crippen LogP contribution in [0.25, 0.3) is 11.0 Å². The van der Waals surface area contributed by atoms with Crippen LogP contribution < -0.4 is 5.73 Å². The lowest BCUT2D eigenvalue weighted by Gasteiger charge is -1.96. The Labute approximate surface area is 68.1 Å². The van der Waals surface area contributed by atoms with Crippen LogP contribution in [0.15, 0.2) is 24.4 Å². The van der Waals surface area contributed by atoms with Gasteiger partial charge in [0.15, 0.2) is 0 Å². The van der Waals surface area contributed by atoms with E-state index >= 15 is 0 Å². The van der Waals surface area contributed by atoms with Gasteiger partial charge in [-0.05, 0) is 12.1 Å². The minimum atomic E-state index is -0.318. The maximum Gasteiger partial charge on any atom is 0.142 e. The summed E-state index contributed by atoms with van der Waals surface area (Å²) in [5.41, 5.74) is 6.52. The second kappa shape index (κ2) is 2.41. The van der Waals surface area contributed by atoms with E-state index in [1.54, 1.807) is 6.07 Å². The van der Waals surface area contributed by atoms with Gasteiger partial charge in [0, 0.05) is 6.07 Å². The first-order chi connectivity index (χ1) is 5.75. The molecule has 0 saturated carbocycles. The maximum atomic E-state index is 12.6. The second-order valence-corrected chi connectivity index (χ2v) is 2.43. The lowest BCUT2D eigenvalue weighted by molar-refractivity contribution is 0.629. The Morgan fingerprint density at radius 2 is 2.08 bits per heavy atom. The molecule has 0 amide bonds. The van der Waals surface area contributed by atoms with E-state index < -0.39 is 0 Å². The zero-order valence-corrected chi connectivity index (χ0v) is 6.16. The molecule has 1 aromatic heterocycles. The maximum absolute atomic E-state index is 12.6. The number of aromatic nitrogens is 2. The summed E-state index contributed by atoms with van der Waals surface area (Å²) in [7, 11) is 0. The van der Waals surface area contributed by atoms with Crippen molar-refractivity contribution in [1.29, 1.82) is 0 Å². The SMILES string of the molecule is Nc1cnc2cc(F)ccc2n1. The smallest absolute Gasteiger partial charge is 0.142 e. The number of hydrogen-bond acceptors (Lipinski definition) is 3. The average molecular weight is 163 g/mol. The minimum Gasteiger partial charge on any atom is -0.382 e. The molecule has 0 fully saturated rings. The van der Waals surface area contributed by atoms with Crippen LogP contribution in [0, 0.1) is 5.82 Å². The lowest BCUT2D eigenvalue weighted by Crippen LogP contribution is -1.92. The molecule has 2 rings (SSSR count).